The highest BCUT2D eigenvalue weighted by Gasteiger charge is 1.99. The fourth-order valence-corrected chi connectivity index (χ4v) is 0.853. The van der Waals surface area contributed by atoms with Gasteiger partial charge in [-0.15, -0.1) is 12.1 Å². The average Bonchev–Trinajstić information content (AvgIpc) is 2.11. The summed E-state index contributed by atoms with van der Waals surface area (Å²) in [6, 6.07) is 0. The van der Waals surface area contributed by atoms with Crippen molar-refractivity contribution in [2.45, 2.75) is 27.2 Å². The molecule has 0 N–H and O–H groups in total. The largest absolute Gasteiger partial charge is 0.184 e. The third-order valence-corrected chi connectivity index (χ3v) is 1.80. The molecular weight excluding hydrogens is 155 g/mol. The first-order chi connectivity index (χ1) is 6.11. The van der Waals surface area contributed by atoms with Crippen LogP contribution in [0.1, 0.15) is 27.2 Å². The Labute approximate surface area is 83.0 Å². The zero-order valence-corrected chi connectivity index (χ0v) is 8.93. The summed E-state index contributed by atoms with van der Waals surface area (Å²) in [7, 11) is 2.12. The summed E-state index contributed by atoms with van der Waals surface area (Å²) in [5.41, 5.74) is 3.68. The lowest BCUT2D eigenvalue weighted by atomic mass is 9.61. The molecule has 0 aromatic heterocycles. The summed E-state index contributed by atoms with van der Waals surface area (Å²) in [5, 5.41) is 0. The quantitative estimate of drug-likeness (QED) is 0.439. The van der Waals surface area contributed by atoms with Crippen molar-refractivity contribution < 1.29 is 0 Å². The van der Waals surface area contributed by atoms with E-state index in [0.29, 0.717) is 0 Å². The average molecular weight is 173 g/mol. The number of hydrogen-bond donors (Lipinski definition) is 0. The van der Waals surface area contributed by atoms with Gasteiger partial charge in [0.1, 0.15) is 0 Å². The van der Waals surface area contributed by atoms with Crippen LogP contribution in [0, 0.1) is 0 Å². The SMILES string of the molecule is C=C/C=C\C([B]C(=C)CC)=C(C)C. The van der Waals surface area contributed by atoms with E-state index in [0.717, 1.165) is 11.9 Å². The van der Waals surface area contributed by atoms with Gasteiger partial charge in [0.15, 0.2) is 7.28 Å². The Bertz CT molecular complexity index is 240. The second kappa shape index (κ2) is 6.53. The molecule has 0 aliphatic heterocycles. The molecule has 0 spiro atoms. The van der Waals surface area contributed by atoms with Crippen molar-refractivity contribution in [3.05, 3.63) is 47.9 Å². The summed E-state index contributed by atoms with van der Waals surface area (Å²) in [5.74, 6) is 0. The van der Waals surface area contributed by atoms with Crippen molar-refractivity contribution in [2.75, 3.05) is 0 Å². The standard InChI is InChI=1S/C12H18B/c1-6-8-9-12(10(3)4)13-11(5)7-2/h6,8-9H,1,5,7H2,2-4H3/b9-8-. The Morgan fingerprint density at radius 3 is 2.38 bits per heavy atom. The Hall–Kier alpha value is -0.975. The lowest BCUT2D eigenvalue weighted by molar-refractivity contribution is 1.19. The van der Waals surface area contributed by atoms with Gasteiger partial charge in [-0.05, 0) is 20.3 Å². The molecule has 1 radical (unpaired) electrons. The van der Waals surface area contributed by atoms with Crippen molar-refractivity contribution in [1.29, 1.82) is 0 Å². The first-order valence-electron chi connectivity index (χ1n) is 4.61. The summed E-state index contributed by atoms with van der Waals surface area (Å²) in [6.45, 7) is 13.9. The van der Waals surface area contributed by atoms with E-state index in [4.69, 9.17) is 0 Å². The van der Waals surface area contributed by atoms with Crippen molar-refractivity contribution in [3.63, 3.8) is 0 Å². The molecule has 0 aromatic carbocycles. The maximum absolute atomic E-state index is 3.95. The molecule has 0 aromatic rings. The Kier molecular flexibility index (Phi) is 6.04. The van der Waals surface area contributed by atoms with Gasteiger partial charge in [-0.25, -0.2) is 0 Å². The smallest absolute Gasteiger partial charge is 0.110 e. The van der Waals surface area contributed by atoms with Crippen LogP contribution in [0.25, 0.3) is 0 Å². The summed E-state index contributed by atoms with van der Waals surface area (Å²) in [4.78, 5) is 0. The van der Waals surface area contributed by atoms with Crippen LogP contribution >= 0.6 is 0 Å². The van der Waals surface area contributed by atoms with E-state index in [2.05, 4.69) is 47.3 Å². The summed E-state index contributed by atoms with van der Waals surface area (Å²) in [6.07, 6.45) is 6.79. The maximum atomic E-state index is 3.95. The Morgan fingerprint density at radius 1 is 1.38 bits per heavy atom. The van der Waals surface area contributed by atoms with Crippen LogP contribution in [-0.4, -0.2) is 7.28 Å². The topological polar surface area (TPSA) is 0 Å². The van der Waals surface area contributed by atoms with Crippen molar-refractivity contribution in [3.8, 4) is 0 Å². The number of allylic oxidation sites excluding steroid dienone is 6. The van der Waals surface area contributed by atoms with Gasteiger partial charge in [-0.1, -0.05) is 42.8 Å². The van der Waals surface area contributed by atoms with Crippen molar-refractivity contribution >= 4 is 7.28 Å². The molecular formula is C12H18B. The van der Waals surface area contributed by atoms with Gasteiger partial charge in [-0.3, -0.25) is 0 Å². The molecule has 0 aliphatic carbocycles. The summed E-state index contributed by atoms with van der Waals surface area (Å²) < 4.78 is 0. The highest BCUT2D eigenvalue weighted by molar-refractivity contribution is 6.54. The van der Waals surface area contributed by atoms with E-state index in [1.54, 1.807) is 6.08 Å². The van der Waals surface area contributed by atoms with Crippen LogP contribution in [0.15, 0.2) is 47.9 Å². The molecule has 0 unspecified atom stereocenters. The fraction of sp³-hybridized carbons (Fsp3) is 0.333. The third-order valence-electron chi connectivity index (χ3n) is 1.80. The second-order valence-electron chi connectivity index (χ2n) is 3.21. The van der Waals surface area contributed by atoms with E-state index in [9.17, 15) is 0 Å². The molecule has 1 heteroatoms. The molecule has 0 aliphatic rings. The van der Waals surface area contributed by atoms with E-state index < -0.39 is 0 Å². The highest BCUT2D eigenvalue weighted by atomic mass is 13.9. The van der Waals surface area contributed by atoms with E-state index >= 15 is 0 Å². The molecule has 0 heterocycles. The van der Waals surface area contributed by atoms with Gasteiger partial charge in [0.2, 0.25) is 0 Å². The lowest BCUT2D eigenvalue weighted by Crippen LogP contribution is -1.99. The van der Waals surface area contributed by atoms with Crippen LogP contribution in [-0.2, 0) is 0 Å². The highest BCUT2D eigenvalue weighted by Crippen LogP contribution is 2.08. The Balaban J connectivity index is 4.47. The first kappa shape index (κ1) is 12.0. The zero-order chi connectivity index (χ0) is 10.3. The Morgan fingerprint density at radius 2 is 2.00 bits per heavy atom. The molecule has 0 bridgehead atoms. The van der Waals surface area contributed by atoms with Crippen molar-refractivity contribution in [2.24, 2.45) is 0 Å². The molecule has 13 heavy (non-hydrogen) atoms. The third kappa shape index (κ3) is 5.29. The molecule has 0 amide bonds. The molecule has 69 valence electrons. The molecule has 0 saturated carbocycles. The van der Waals surface area contributed by atoms with Crippen molar-refractivity contribution in [1.82, 2.24) is 0 Å². The second-order valence-corrected chi connectivity index (χ2v) is 3.21. The molecule has 0 nitrogen and oxygen atoms in total. The normalized spacial score (nSPS) is 9.77. The lowest BCUT2D eigenvalue weighted by Gasteiger charge is -2.04. The predicted octanol–water partition coefficient (Wildman–Crippen LogP) is 3.65. The zero-order valence-electron chi connectivity index (χ0n) is 8.93. The van der Waals surface area contributed by atoms with Gasteiger partial charge in [-0.2, -0.15) is 0 Å². The van der Waals surface area contributed by atoms with E-state index in [-0.39, 0.29) is 0 Å². The van der Waals surface area contributed by atoms with Crippen LogP contribution < -0.4 is 0 Å². The molecule has 0 saturated heterocycles. The maximum Gasteiger partial charge on any atom is 0.184 e. The molecule has 0 fully saturated rings. The number of hydrogen-bond acceptors (Lipinski definition) is 0. The minimum atomic E-state index is 0.999. The monoisotopic (exact) mass is 173 g/mol. The minimum absolute atomic E-state index is 0.999. The summed E-state index contributed by atoms with van der Waals surface area (Å²) >= 11 is 0. The van der Waals surface area contributed by atoms with Crippen LogP contribution in [0.4, 0.5) is 0 Å². The van der Waals surface area contributed by atoms with Crippen LogP contribution in [0.5, 0.6) is 0 Å². The van der Waals surface area contributed by atoms with E-state index in [1.807, 2.05) is 6.08 Å². The van der Waals surface area contributed by atoms with Gasteiger partial charge < -0.3 is 0 Å². The molecule has 0 rings (SSSR count). The van der Waals surface area contributed by atoms with Crippen LogP contribution in [0.2, 0.25) is 0 Å². The van der Waals surface area contributed by atoms with Gasteiger partial charge in [0.05, 0.1) is 0 Å². The van der Waals surface area contributed by atoms with E-state index in [1.165, 1.54) is 11.0 Å². The number of rotatable bonds is 5. The van der Waals surface area contributed by atoms with Gasteiger partial charge >= 0.3 is 0 Å². The van der Waals surface area contributed by atoms with Gasteiger partial charge in [0, 0.05) is 0 Å². The van der Waals surface area contributed by atoms with Crippen LogP contribution in [0.3, 0.4) is 0 Å². The fourth-order valence-electron chi connectivity index (χ4n) is 0.853. The van der Waals surface area contributed by atoms with Gasteiger partial charge in [0.25, 0.3) is 0 Å². The predicted molar refractivity (Wildman–Crippen MR) is 62.9 cm³/mol. The molecule has 0 atom stereocenters. The first-order valence-corrected chi connectivity index (χ1v) is 4.61. The minimum Gasteiger partial charge on any atom is -0.110 e.